The minimum absolute atomic E-state index is 0.762. The first-order chi connectivity index (χ1) is 11.8. The zero-order valence-corrected chi connectivity index (χ0v) is 14.6. The zero-order chi connectivity index (χ0) is 17.2. The summed E-state index contributed by atoms with van der Waals surface area (Å²) in [6, 6.07) is 16.1. The quantitative estimate of drug-likeness (QED) is 0.679. The van der Waals surface area contributed by atoms with E-state index in [2.05, 4.69) is 41.0 Å². The van der Waals surface area contributed by atoms with E-state index in [4.69, 9.17) is 10.5 Å². The van der Waals surface area contributed by atoms with Crippen LogP contribution in [-0.2, 0) is 11.3 Å². The molecule has 2 aromatic rings. The smallest absolute Gasteiger partial charge is 0.0594 e. The number of nitrogen functional groups attached to an aromatic ring is 1. The highest BCUT2D eigenvalue weighted by molar-refractivity contribution is 5.47. The molecule has 0 aliphatic carbocycles. The number of benzene rings is 2. The Bertz CT molecular complexity index is 660. The number of hydrogen-bond acceptors (Lipinski definition) is 3. The van der Waals surface area contributed by atoms with Gasteiger partial charge in [0.15, 0.2) is 0 Å². The summed E-state index contributed by atoms with van der Waals surface area (Å²) in [6.07, 6.45) is 0. The van der Waals surface area contributed by atoms with Gasteiger partial charge in [0.1, 0.15) is 0 Å². The van der Waals surface area contributed by atoms with Crippen molar-refractivity contribution in [3.8, 4) is 11.8 Å². The topological polar surface area (TPSA) is 38.5 Å². The van der Waals surface area contributed by atoms with Gasteiger partial charge < -0.3 is 10.5 Å². The van der Waals surface area contributed by atoms with Crippen molar-refractivity contribution in [2.75, 3.05) is 32.0 Å². The molecule has 0 unspecified atom stereocenters. The lowest BCUT2D eigenvalue weighted by atomic mass is 10.1. The molecule has 126 valence electrons. The number of ether oxygens (including phenoxy) is 1. The molecule has 1 heterocycles. The molecule has 1 saturated heterocycles. The Morgan fingerprint density at radius 1 is 0.875 bits per heavy atom. The van der Waals surface area contributed by atoms with Gasteiger partial charge in [-0.25, -0.2) is 0 Å². The number of anilines is 1. The van der Waals surface area contributed by atoms with E-state index in [1.54, 1.807) is 0 Å². The van der Waals surface area contributed by atoms with E-state index in [-0.39, 0.29) is 0 Å². The van der Waals surface area contributed by atoms with Crippen molar-refractivity contribution in [2.24, 2.45) is 0 Å². The molecule has 0 aromatic heterocycles. The summed E-state index contributed by atoms with van der Waals surface area (Å²) >= 11 is 0. The summed E-state index contributed by atoms with van der Waals surface area (Å²) in [4.78, 5) is 2.42. The second-order valence-corrected chi connectivity index (χ2v) is 5.46. The van der Waals surface area contributed by atoms with Crippen LogP contribution >= 0.6 is 0 Å². The molecule has 3 nitrogen and oxygen atoms in total. The van der Waals surface area contributed by atoms with Crippen LogP contribution in [-0.4, -0.2) is 31.2 Å². The molecule has 1 aliphatic heterocycles. The van der Waals surface area contributed by atoms with Crippen molar-refractivity contribution in [3.05, 3.63) is 65.2 Å². The Morgan fingerprint density at radius 2 is 1.38 bits per heavy atom. The van der Waals surface area contributed by atoms with Gasteiger partial charge in [0.05, 0.1) is 13.2 Å². The van der Waals surface area contributed by atoms with Crippen LogP contribution in [0.2, 0.25) is 0 Å². The molecule has 1 aliphatic rings. The van der Waals surface area contributed by atoms with Gasteiger partial charge in [-0.2, -0.15) is 0 Å². The van der Waals surface area contributed by atoms with Crippen LogP contribution in [0.3, 0.4) is 0 Å². The van der Waals surface area contributed by atoms with Gasteiger partial charge in [0.25, 0.3) is 0 Å². The molecule has 2 N–H and O–H groups in total. The minimum atomic E-state index is 0.762. The fourth-order valence-electron chi connectivity index (χ4n) is 2.42. The molecule has 3 heteroatoms. The average Bonchev–Trinajstić information content (AvgIpc) is 2.65. The van der Waals surface area contributed by atoms with Gasteiger partial charge in [0.2, 0.25) is 0 Å². The second kappa shape index (κ2) is 9.77. The molecule has 0 spiro atoms. The maximum atomic E-state index is 5.67. The predicted molar refractivity (Wildman–Crippen MR) is 101 cm³/mol. The Hall–Kier alpha value is -2.28. The first kappa shape index (κ1) is 18.1. The van der Waals surface area contributed by atoms with Crippen molar-refractivity contribution in [3.63, 3.8) is 0 Å². The van der Waals surface area contributed by atoms with Crippen molar-refractivity contribution in [1.82, 2.24) is 4.90 Å². The van der Waals surface area contributed by atoms with Crippen LogP contribution in [0.4, 0.5) is 5.69 Å². The van der Waals surface area contributed by atoms with E-state index >= 15 is 0 Å². The van der Waals surface area contributed by atoms with E-state index in [9.17, 15) is 0 Å². The van der Waals surface area contributed by atoms with Gasteiger partial charge in [-0.05, 0) is 42.0 Å². The summed E-state index contributed by atoms with van der Waals surface area (Å²) in [5.74, 6) is 6.34. The molecule has 24 heavy (non-hydrogen) atoms. The molecule has 0 bridgehead atoms. The predicted octanol–water partition coefficient (Wildman–Crippen LogP) is 3.53. The minimum Gasteiger partial charge on any atom is -0.399 e. The van der Waals surface area contributed by atoms with Crippen LogP contribution in [0.1, 0.15) is 30.5 Å². The van der Waals surface area contributed by atoms with Gasteiger partial charge >= 0.3 is 0 Å². The van der Waals surface area contributed by atoms with Crippen molar-refractivity contribution in [1.29, 1.82) is 0 Å². The highest BCUT2D eigenvalue weighted by atomic mass is 16.5. The molecule has 0 radical (unpaired) electrons. The molecule has 0 atom stereocenters. The maximum absolute atomic E-state index is 5.67. The molecule has 0 saturated carbocycles. The Morgan fingerprint density at radius 3 is 1.92 bits per heavy atom. The Kier molecular flexibility index (Phi) is 7.35. The van der Waals surface area contributed by atoms with E-state index in [1.807, 2.05) is 38.1 Å². The first-order valence-corrected chi connectivity index (χ1v) is 8.56. The lowest BCUT2D eigenvalue weighted by Gasteiger charge is -2.26. The summed E-state index contributed by atoms with van der Waals surface area (Å²) in [5, 5.41) is 0. The second-order valence-electron chi connectivity index (χ2n) is 5.46. The SMILES string of the molecule is CC.Nc1ccc(C#Cc2ccc(CN3CCOCC3)cc2)cc1. The van der Waals surface area contributed by atoms with Crippen molar-refractivity contribution in [2.45, 2.75) is 20.4 Å². The van der Waals surface area contributed by atoms with Gasteiger partial charge in [-0.1, -0.05) is 37.8 Å². The number of nitrogens with two attached hydrogens (primary N) is 1. The Labute approximate surface area is 145 Å². The third-order valence-corrected chi connectivity index (χ3v) is 3.73. The van der Waals surface area contributed by atoms with Crippen LogP contribution < -0.4 is 5.73 Å². The molecule has 2 aromatic carbocycles. The molecular weight excluding hydrogens is 296 g/mol. The third-order valence-electron chi connectivity index (χ3n) is 3.73. The van der Waals surface area contributed by atoms with Crippen LogP contribution in [0, 0.1) is 11.8 Å². The van der Waals surface area contributed by atoms with E-state index < -0.39 is 0 Å². The fourth-order valence-corrected chi connectivity index (χ4v) is 2.42. The number of rotatable bonds is 2. The van der Waals surface area contributed by atoms with Crippen molar-refractivity contribution >= 4 is 5.69 Å². The largest absolute Gasteiger partial charge is 0.399 e. The third kappa shape index (κ3) is 5.73. The van der Waals surface area contributed by atoms with Crippen LogP contribution in [0.25, 0.3) is 0 Å². The highest BCUT2D eigenvalue weighted by Crippen LogP contribution is 2.09. The number of morpholine rings is 1. The lowest BCUT2D eigenvalue weighted by Crippen LogP contribution is -2.35. The molecule has 0 amide bonds. The van der Waals surface area contributed by atoms with Crippen molar-refractivity contribution < 1.29 is 4.74 Å². The summed E-state index contributed by atoms with van der Waals surface area (Å²) < 4.78 is 5.37. The van der Waals surface area contributed by atoms with Gasteiger partial charge in [-0.15, -0.1) is 0 Å². The van der Waals surface area contributed by atoms with E-state index in [1.165, 1.54) is 5.56 Å². The standard InChI is InChI=1S/C19H20N2O.C2H6/c20-19-9-7-17(8-10-19)2-1-16-3-5-18(6-4-16)15-21-11-13-22-14-12-21;1-2/h3-10H,11-15,20H2;1-2H3. The lowest BCUT2D eigenvalue weighted by molar-refractivity contribution is 0.0342. The van der Waals surface area contributed by atoms with E-state index in [0.717, 1.165) is 49.7 Å². The molecular formula is C21H26N2O. The first-order valence-electron chi connectivity index (χ1n) is 8.56. The molecule has 1 fully saturated rings. The monoisotopic (exact) mass is 322 g/mol. The fraction of sp³-hybridized carbons (Fsp3) is 0.333. The van der Waals surface area contributed by atoms with Crippen LogP contribution in [0.15, 0.2) is 48.5 Å². The van der Waals surface area contributed by atoms with Crippen LogP contribution in [0.5, 0.6) is 0 Å². The summed E-state index contributed by atoms with van der Waals surface area (Å²) in [7, 11) is 0. The molecule has 3 rings (SSSR count). The van der Waals surface area contributed by atoms with Gasteiger partial charge in [-0.3, -0.25) is 4.90 Å². The average molecular weight is 322 g/mol. The number of nitrogens with zero attached hydrogens (tertiary/aromatic N) is 1. The summed E-state index contributed by atoms with van der Waals surface area (Å²) in [6.45, 7) is 8.68. The summed E-state index contributed by atoms with van der Waals surface area (Å²) in [5.41, 5.74) is 9.76. The van der Waals surface area contributed by atoms with E-state index in [0.29, 0.717) is 0 Å². The normalized spacial score (nSPS) is 14.1. The maximum Gasteiger partial charge on any atom is 0.0594 e. The zero-order valence-electron chi connectivity index (χ0n) is 14.6. The van der Waals surface area contributed by atoms with Gasteiger partial charge in [0, 0.05) is 36.4 Å². The Balaban J connectivity index is 0.00000100. The number of hydrogen-bond donors (Lipinski definition) is 1. The highest BCUT2D eigenvalue weighted by Gasteiger charge is 2.10.